The normalized spacial score (nSPS) is 10.8. The van der Waals surface area contributed by atoms with Crippen molar-refractivity contribution in [1.29, 1.82) is 0 Å². The van der Waals surface area contributed by atoms with Gasteiger partial charge in [0.1, 0.15) is 5.69 Å². The highest BCUT2D eigenvalue weighted by atomic mass is 16.5. The Hall–Kier alpha value is -1.88. The Bertz CT molecular complexity index is 575. The Morgan fingerprint density at radius 2 is 2.11 bits per heavy atom. The molecule has 0 bridgehead atoms. The quantitative estimate of drug-likeness (QED) is 0.846. The van der Waals surface area contributed by atoms with Crippen molar-refractivity contribution in [3.05, 3.63) is 29.0 Å². The maximum Gasteiger partial charge on any atom is 0.226 e. The van der Waals surface area contributed by atoms with Gasteiger partial charge in [-0.25, -0.2) is 0 Å². The monoisotopic (exact) mass is 247 g/mol. The summed E-state index contributed by atoms with van der Waals surface area (Å²) in [6.45, 7) is 4.96. The molecule has 0 fully saturated rings. The van der Waals surface area contributed by atoms with Crippen molar-refractivity contribution < 1.29 is 9.32 Å². The Morgan fingerprint density at radius 1 is 1.39 bits per heavy atom. The third-order valence-corrected chi connectivity index (χ3v) is 2.96. The number of aryl methyl sites for hydroxylation is 2. The summed E-state index contributed by atoms with van der Waals surface area (Å²) in [4.78, 5) is 11.6. The van der Waals surface area contributed by atoms with E-state index in [0.29, 0.717) is 18.8 Å². The minimum atomic E-state index is -0.0890. The van der Waals surface area contributed by atoms with Crippen molar-refractivity contribution in [1.82, 2.24) is 10.5 Å². The Balaban J connectivity index is 2.24. The van der Waals surface area contributed by atoms with E-state index in [0.717, 1.165) is 22.1 Å². The van der Waals surface area contributed by atoms with Gasteiger partial charge in [-0.2, -0.15) is 0 Å². The van der Waals surface area contributed by atoms with Gasteiger partial charge in [-0.15, -0.1) is 0 Å². The van der Waals surface area contributed by atoms with Gasteiger partial charge < -0.3 is 15.6 Å². The standard InChI is InChI=1S/C13H17N3O2/c1-8-5-10-11(7-13(17)15-4-3-14)16-18-12(10)6-9(8)2/h5-6H,3-4,7,14H2,1-2H3,(H,15,17). The third kappa shape index (κ3) is 2.51. The first-order valence-corrected chi connectivity index (χ1v) is 5.94. The van der Waals surface area contributed by atoms with Crippen LogP contribution < -0.4 is 11.1 Å². The van der Waals surface area contributed by atoms with Crippen LogP contribution in [0.25, 0.3) is 11.0 Å². The molecule has 0 aliphatic carbocycles. The number of hydrogen-bond acceptors (Lipinski definition) is 4. The highest BCUT2D eigenvalue weighted by molar-refractivity contribution is 5.87. The summed E-state index contributed by atoms with van der Waals surface area (Å²) in [5, 5.41) is 7.58. The lowest BCUT2D eigenvalue weighted by Gasteiger charge is -2.02. The summed E-state index contributed by atoms with van der Waals surface area (Å²) in [5.41, 5.74) is 9.03. The van der Waals surface area contributed by atoms with Crippen LogP contribution in [0.2, 0.25) is 0 Å². The maximum atomic E-state index is 11.6. The first-order chi connectivity index (χ1) is 8.61. The molecule has 5 heteroatoms. The van der Waals surface area contributed by atoms with Crippen LogP contribution in [0.15, 0.2) is 16.7 Å². The van der Waals surface area contributed by atoms with Gasteiger partial charge >= 0.3 is 0 Å². The van der Waals surface area contributed by atoms with Gasteiger partial charge in [0, 0.05) is 18.5 Å². The largest absolute Gasteiger partial charge is 0.356 e. The minimum Gasteiger partial charge on any atom is -0.356 e. The number of rotatable bonds is 4. The molecule has 0 spiro atoms. The highest BCUT2D eigenvalue weighted by Gasteiger charge is 2.13. The molecule has 1 amide bonds. The van der Waals surface area contributed by atoms with Gasteiger partial charge in [0.15, 0.2) is 5.58 Å². The van der Waals surface area contributed by atoms with Crippen LogP contribution in [0, 0.1) is 13.8 Å². The molecule has 0 radical (unpaired) electrons. The van der Waals surface area contributed by atoms with Crippen LogP contribution in [-0.4, -0.2) is 24.2 Å². The van der Waals surface area contributed by atoms with Crippen LogP contribution in [-0.2, 0) is 11.2 Å². The molecule has 1 heterocycles. The average Bonchev–Trinajstić information content (AvgIpc) is 2.70. The van der Waals surface area contributed by atoms with Crippen LogP contribution in [0.1, 0.15) is 16.8 Å². The molecule has 2 aromatic rings. The van der Waals surface area contributed by atoms with E-state index >= 15 is 0 Å². The van der Waals surface area contributed by atoms with E-state index in [4.69, 9.17) is 10.3 Å². The summed E-state index contributed by atoms with van der Waals surface area (Å²) in [7, 11) is 0. The molecule has 0 saturated carbocycles. The number of nitrogens with zero attached hydrogens (tertiary/aromatic N) is 1. The number of benzene rings is 1. The number of fused-ring (bicyclic) bond motifs is 1. The lowest BCUT2D eigenvalue weighted by molar-refractivity contribution is -0.120. The van der Waals surface area contributed by atoms with Gasteiger partial charge in [0.25, 0.3) is 0 Å². The predicted octanol–water partition coefficient (Wildman–Crippen LogP) is 1.06. The number of carbonyl (C=O) groups excluding carboxylic acids is 1. The highest BCUT2D eigenvalue weighted by Crippen LogP contribution is 2.22. The van der Waals surface area contributed by atoms with Gasteiger partial charge in [-0.1, -0.05) is 5.16 Å². The fourth-order valence-electron chi connectivity index (χ4n) is 1.80. The molecule has 3 N–H and O–H groups in total. The molecule has 0 unspecified atom stereocenters. The molecule has 0 aliphatic heterocycles. The smallest absolute Gasteiger partial charge is 0.226 e. The minimum absolute atomic E-state index is 0.0890. The summed E-state index contributed by atoms with van der Waals surface area (Å²) in [6, 6.07) is 3.95. The van der Waals surface area contributed by atoms with Crippen molar-refractivity contribution >= 4 is 16.9 Å². The summed E-state index contributed by atoms with van der Waals surface area (Å²) in [5.74, 6) is -0.0890. The molecular formula is C13H17N3O2. The van der Waals surface area contributed by atoms with Gasteiger partial charge in [0.2, 0.25) is 5.91 Å². The summed E-state index contributed by atoms with van der Waals surface area (Å²) >= 11 is 0. The molecule has 96 valence electrons. The molecular weight excluding hydrogens is 230 g/mol. The number of nitrogens with one attached hydrogen (secondary N) is 1. The Kier molecular flexibility index (Phi) is 3.62. The van der Waals surface area contributed by atoms with E-state index in [1.807, 2.05) is 26.0 Å². The van der Waals surface area contributed by atoms with Gasteiger partial charge in [-0.3, -0.25) is 4.79 Å². The molecule has 18 heavy (non-hydrogen) atoms. The van der Waals surface area contributed by atoms with Gasteiger partial charge in [-0.05, 0) is 37.1 Å². The van der Waals surface area contributed by atoms with E-state index in [-0.39, 0.29) is 12.3 Å². The Morgan fingerprint density at radius 3 is 2.83 bits per heavy atom. The molecule has 5 nitrogen and oxygen atoms in total. The van der Waals surface area contributed by atoms with E-state index in [9.17, 15) is 4.79 Å². The fraction of sp³-hybridized carbons (Fsp3) is 0.385. The van der Waals surface area contributed by atoms with E-state index in [1.54, 1.807) is 0 Å². The SMILES string of the molecule is Cc1cc2onc(CC(=O)NCCN)c2cc1C. The first-order valence-electron chi connectivity index (χ1n) is 5.94. The second kappa shape index (κ2) is 5.18. The van der Waals surface area contributed by atoms with E-state index < -0.39 is 0 Å². The lowest BCUT2D eigenvalue weighted by Crippen LogP contribution is -2.30. The zero-order valence-electron chi connectivity index (χ0n) is 10.6. The molecule has 1 aromatic heterocycles. The second-order valence-electron chi connectivity index (χ2n) is 4.38. The zero-order chi connectivity index (χ0) is 13.1. The van der Waals surface area contributed by atoms with Crippen LogP contribution >= 0.6 is 0 Å². The molecule has 1 aromatic carbocycles. The predicted molar refractivity (Wildman–Crippen MR) is 69.3 cm³/mol. The van der Waals surface area contributed by atoms with E-state index in [2.05, 4.69) is 10.5 Å². The topological polar surface area (TPSA) is 81.2 Å². The van der Waals surface area contributed by atoms with Crippen LogP contribution in [0.4, 0.5) is 0 Å². The number of aromatic nitrogens is 1. The fourth-order valence-corrected chi connectivity index (χ4v) is 1.80. The first kappa shape index (κ1) is 12.6. The van der Waals surface area contributed by atoms with Crippen LogP contribution in [0.3, 0.4) is 0 Å². The van der Waals surface area contributed by atoms with Crippen molar-refractivity contribution in [2.24, 2.45) is 5.73 Å². The average molecular weight is 247 g/mol. The third-order valence-electron chi connectivity index (χ3n) is 2.96. The number of amides is 1. The molecule has 0 aliphatic rings. The molecule has 0 saturated heterocycles. The van der Waals surface area contributed by atoms with Crippen LogP contribution in [0.5, 0.6) is 0 Å². The van der Waals surface area contributed by atoms with Crippen molar-refractivity contribution in [3.63, 3.8) is 0 Å². The lowest BCUT2D eigenvalue weighted by atomic mass is 10.1. The van der Waals surface area contributed by atoms with Crippen molar-refractivity contribution in [3.8, 4) is 0 Å². The number of nitrogens with two attached hydrogens (primary N) is 1. The van der Waals surface area contributed by atoms with Crippen molar-refractivity contribution in [2.75, 3.05) is 13.1 Å². The zero-order valence-corrected chi connectivity index (χ0v) is 10.6. The summed E-state index contributed by atoms with van der Waals surface area (Å²) in [6.07, 6.45) is 0.218. The summed E-state index contributed by atoms with van der Waals surface area (Å²) < 4.78 is 5.24. The molecule has 0 atom stereocenters. The number of hydrogen-bond donors (Lipinski definition) is 2. The maximum absolute atomic E-state index is 11.6. The van der Waals surface area contributed by atoms with E-state index in [1.165, 1.54) is 0 Å². The van der Waals surface area contributed by atoms with Crippen molar-refractivity contribution in [2.45, 2.75) is 20.3 Å². The molecule has 2 rings (SSSR count). The number of carbonyl (C=O) groups is 1. The van der Waals surface area contributed by atoms with Gasteiger partial charge in [0.05, 0.1) is 6.42 Å². The Labute approximate surface area is 105 Å². The second-order valence-corrected chi connectivity index (χ2v) is 4.38.